The summed E-state index contributed by atoms with van der Waals surface area (Å²) < 4.78 is 97.2. The number of nitrogens with zero attached hydrogens (tertiary/aromatic N) is 7. The zero-order valence-electron chi connectivity index (χ0n) is 17.4. The molecule has 1 aliphatic rings. The van der Waals surface area contributed by atoms with E-state index in [0.717, 1.165) is 23.2 Å². The summed E-state index contributed by atoms with van der Waals surface area (Å²) in [6.07, 6.45) is -4.65. The second kappa shape index (κ2) is 8.03. The molecule has 1 saturated carbocycles. The summed E-state index contributed by atoms with van der Waals surface area (Å²) in [6, 6.07) is 1.80. The normalized spacial score (nSPS) is 14.9. The summed E-state index contributed by atoms with van der Waals surface area (Å²) in [4.78, 5) is 12.2. The molecule has 4 aromatic heterocycles. The Labute approximate surface area is 191 Å². The summed E-state index contributed by atoms with van der Waals surface area (Å²) in [6.45, 7) is -1.06. The topological polar surface area (TPSA) is 72.1 Å². The van der Waals surface area contributed by atoms with E-state index in [-0.39, 0.29) is 41.0 Å². The predicted molar refractivity (Wildman–Crippen MR) is 108 cm³/mol. The van der Waals surface area contributed by atoms with Gasteiger partial charge in [0.1, 0.15) is 23.3 Å². The van der Waals surface area contributed by atoms with E-state index in [4.69, 9.17) is 0 Å². The molecule has 0 N–H and O–H groups in total. The van der Waals surface area contributed by atoms with E-state index in [2.05, 4.69) is 37.0 Å². The number of halogens is 7. The van der Waals surface area contributed by atoms with Gasteiger partial charge >= 0.3 is 6.18 Å². The Kier molecular flexibility index (Phi) is 5.22. The van der Waals surface area contributed by atoms with Gasteiger partial charge in [-0.3, -0.25) is 9.38 Å². The molecule has 0 aliphatic heterocycles. The third kappa shape index (κ3) is 4.07. The Morgan fingerprint density at radius 3 is 2.57 bits per heavy atom. The molecular formula is C21H12F7N7. The van der Waals surface area contributed by atoms with Crippen molar-refractivity contribution in [1.82, 2.24) is 29.5 Å². The maximum atomic E-state index is 14.8. The van der Waals surface area contributed by atoms with Crippen molar-refractivity contribution >= 4 is 28.2 Å². The highest BCUT2D eigenvalue weighted by atomic mass is 19.4. The van der Waals surface area contributed by atoms with Crippen molar-refractivity contribution in [2.24, 2.45) is 5.41 Å². The lowest BCUT2D eigenvalue weighted by molar-refractivity contribution is -0.168. The van der Waals surface area contributed by atoms with Crippen molar-refractivity contribution in [3.8, 4) is 11.8 Å². The lowest BCUT2D eigenvalue weighted by Crippen LogP contribution is -2.26. The van der Waals surface area contributed by atoms with E-state index in [1.807, 2.05) is 0 Å². The van der Waals surface area contributed by atoms with Gasteiger partial charge in [-0.1, -0.05) is 5.92 Å². The lowest BCUT2D eigenvalue weighted by Gasteiger charge is -2.25. The first-order valence-electron chi connectivity index (χ1n) is 10.0. The van der Waals surface area contributed by atoms with Crippen LogP contribution in [0.5, 0.6) is 0 Å². The minimum Gasteiger partial charge on any atom is -0.320 e. The highest BCUT2D eigenvalue weighted by Crippen LogP contribution is 2.57. The predicted octanol–water partition coefficient (Wildman–Crippen LogP) is 4.44. The Balaban J connectivity index is 1.68. The minimum atomic E-state index is -4.57. The average Bonchev–Trinajstić information content (AvgIpc) is 3.45. The van der Waals surface area contributed by atoms with Crippen LogP contribution in [-0.4, -0.2) is 48.7 Å². The fourth-order valence-corrected chi connectivity index (χ4v) is 3.59. The highest BCUT2D eigenvalue weighted by Gasteiger charge is 2.62. The second-order valence-electron chi connectivity index (χ2n) is 7.82. The van der Waals surface area contributed by atoms with Crippen molar-refractivity contribution in [2.45, 2.75) is 25.4 Å². The quantitative estimate of drug-likeness (QED) is 0.237. The summed E-state index contributed by atoms with van der Waals surface area (Å²) in [5.41, 5.74) is -2.78. The standard InChI is InChI=1S/C21H12F7N7/c22-13-7-29-8-14-17(13)18(32-19-33-30-10-35(14)19)34(9-15(23)24)12-5-11(31-16(25)6-12)1-2-20(3-4-20)21(26,27)28/h5-8,10,15H,3-4,9H2. The van der Waals surface area contributed by atoms with Gasteiger partial charge in [-0.15, -0.1) is 10.2 Å². The first kappa shape index (κ1) is 22.8. The van der Waals surface area contributed by atoms with Gasteiger partial charge in [-0.05, 0) is 24.8 Å². The molecule has 0 atom stereocenters. The molecule has 0 amide bonds. The van der Waals surface area contributed by atoms with E-state index in [9.17, 15) is 30.7 Å². The highest BCUT2D eigenvalue weighted by molar-refractivity contribution is 5.93. The molecule has 5 rings (SSSR count). The maximum absolute atomic E-state index is 14.8. The van der Waals surface area contributed by atoms with Crippen LogP contribution in [0.2, 0.25) is 0 Å². The van der Waals surface area contributed by atoms with Gasteiger partial charge in [0, 0.05) is 11.8 Å². The molecule has 0 spiro atoms. The molecule has 4 heterocycles. The Hall–Kier alpha value is -4.02. The Morgan fingerprint density at radius 1 is 1.11 bits per heavy atom. The third-order valence-electron chi connectivity index (χ3n) is 5.49. The van der Waals surface area contributed by atoms with Crippen LogP contribution in [0.25, 0.3) is 16.7 Å². The van der Waals surface area contributed by atoms with Crippen LogP contribution in [0.4, 0.5) is 42.2 Å². The van der Waals surface area contributed by atoms with Crippen molar-refractivity contribution in [1.29, 1.82) is 0 Å². The smallest absolute Gasteiger partial charge is 0.320 e. The van der Waals surface area contributed by atoms with Crippen LogP contribution in [0.1, 0.15) is 18.5 Å². The number of rotatable bonds is 4. The van der Waals surface area contributed by atoms with Crippen LogP contribution in [0, 0.1) is 29.0 Å². The van der Waals surface area contributed by atoms with Gasteiger partial charge in [0.05, 0.1) is 29.8 Å². The molecule has 0 aromatic carbocycles. The molecule has 0 radical (unpaired) electrons. The molecular weight excluding hydrogens is 483 g/mol. The zero-order valence-corrected chi connectivity index (χ0v) is 17.4. The van der Waals surface area contributed by atoms with E-state index in [0.29, 0.717) is 0 Å². The molecule has 0 unspecified atom stereocenters. The van der Waals surface area contributed by atoms with Gasteiger partial charge in [0.15, 0.2) is 5.82 Å². The van der Waals surface area contributed by atoms with Crippen molar-refractivity contribution in [3.63, 3.8) is 0 Å². The van der Waals surface area contributed by atoms with Crippen molar-refractivity contribution < 1.29 is 30.7 Å². The van der Waals surface area contributed by atoms with Crippen LogP contribution in [0.15, 0.2) is 30.9 Å². The summed E-state index contributed by atoms with van der Waals surface area (Å²) in [7, 11) is 0. The second-order valence-corrected chi connectivity index (χ2v) is 7.82. The van der Waals surface area contributed by atoms with Crippen LogP contribution < -0.4 is 4.90 Å². The number of fused-ring (bicyclic) bond motifs is 3. The van der Waals surface area contributed by atoms with E-state index < -0.39 is 42.0 Å². The summed E-state index contributed by atoms with van der Waals surface area (Å²) >= 11 is 0. The van der Waals surface area contributed by atoms with Crippen molar-refractivity contribution in [3.05, 3.63) is 48.3 Å². The fourth-order valence-electron chi connectivity index (χ4n) is 3.59. The molecule has 180 valence electrons. The fraction of sp³-hybridized carbons (Fsp3) is 0.286. The Bertz CT molecular complexity index is 1500. The van der Waals surface area contributed by atoms with Crippen LogP contribution in [-0.2, 0) is 0 Å². The monoisotopic (exact) mass is 495 g/mol. The lowest BCUT2D eigenvalue weighted by atomic mass is 10.1. The van der Waals surface area contributed by atoms with Gasteiger partial charge < -0.3 is 4.90 Å². The van der Waals surface area contributed by atoms with E-state index in [1.54, 1.807) is 0 Å². The average molecular weight is 495 g/mol. The molecule has 35 heavy (non-hydrogen) atoms. The molecule has 0 bridgehead atoms. The van der Waals surface area contributed by atoms with Crippen LogP contribution in [0.3, 0.4) is 0 Å². The molecule has 7 nitrogen and oxygen atoms in total. The molecule has 1 fully saturated rings. The first-order valence-corrected chi connectivity index (χ1v) is 10.0. The van der Waals surface area contributed by atoms with Crippen LogP contribution >= 0.6 is 0 Å². The number of hydrogen-bond acceptors (Lipinski definition) is 6. The van der Waals surface area contributed by atoms with Gasteiger partial charge in [-0.25, -0.2) is 18.2 Å². The first-order chi connectivity index (χ1) is 16.6. The van der Waals surface area contributed by atoms with Gasteiger partial charge in [0.25, 0.3) is 12.2 Å². The largest absolute Gasteiger partial charge is 0.405 e. The summed E-state index contributed by atoms with van der Waals surface area (Å²) in [5.74, 6) is 1.77. The number of anilines is 2. The summed E-state index contributed by atoms with van der Waals surface area (Å²) in [5, 5.41) is 7.20. The number of pyridine rings is 2. The maximum Gasteiger partial charge on any atom is 0.405 e. The van der Waals surface area contributed by atoms with Gasteiger partial charge in [0.2, 0.25) is 5.95 Å². The Morgan fingerprint density at radius 2 is 1.89 bits per heavy atom. The SMILES string of the molecule is Fc1cc(N(CC(F)F)c2nc3nncn3c3cncc(F)c23)cc(C#CC2(C(F)(F)F)CC2)n1. The van der Waals surface area contributed by atoms with Gasteiger partial charge in [-0.2, -0.15) is 22.5 Å². The van der Waals surface area contributed by atoms with E-state index in [1.165, 1.54) is 16.9 Å². The molecule has 4 aromatic rings. The van der Waals surface area contributed by atoms with E-state index >= 15 is 0 Å². The number of hydrogen-bond donors (Lipinski definition) is 0. The number of alkyl halides is 5. The molecule has 14 heteroatoms. The third-order valence-corrected chi connectivity index (χ3v) is 5.49. The molecule has 0 saturated heterocycles. The zero-order chi connectivity index (χ0) is 25.0. The van der Waals surface area contributed by atoms with Crippen molar-refractivity contribution in [2.75, 3.05) is 11.4 Å². The minimum absolute atomic E-state index is 0.0745. The number of aromatic nitrogens is 6. The molecule has 1 aliphatic carbocycles.